The Kier molecular flexibility index (Phi) is 7.13. The summed E-state index contributed by atoms with van der Waals surface area (Å²) in [7, 11) is -3.68. The Balaban J connectivity index is 1.96. The Morgan fingerprint density at radius 2 is 1.64 bits per heavy atom. The molecule has 2 aromatic carbocycles. The van der Waals surface area contributed by atoms with Crippen LogP contribution in [0.3, 0.4) is 0 Å². The normalized spacial score (nSPS) is 11.0. The first-order valence-corrected chi connectivity index (χ1v) is 10.2. The molecule has 9 heteroatoms. The highest BCUT2D eigenvalue weighted by Crippen LogP contribution is 2.15. The van der Waals surface area contributed by atoms with E-state index in [-0.39, 0.29) is 23.5 Å². The van der Waals surface area contributed by atoms with Crippen LogP contribution in [0.1, 0.15) is 28.4 Å². The zero-order chi connectivity index (χ0) is 20.7. The van der Waals surface area contributed by atoms with Crippen molar-refractivity contribution in [1.82, 2.24) is 15.6 Å². The van der Waals surface area contributed by atoms with Gasteiger partial charge in [0.15, 0.2) is 0 Å². The van der Waals surface area contributed by atoms with Crippen molar-refractivity contribution in [3.8, 4) is 0 Å². The van der Waals surface area contributed by atoms with Crippen LogP contribution >= 0.6 is 0 Å². The van der Waals surface area contributed by atoms with Crippen LogP contribution in [0.5, 0.6) is 0 Å². The summed E-state index contributed by atoms with van der Waals surface area (Å²) >= 11 is 0. The molecule has 2 aromatic rings. The number of aryl methyl sites for hydroxylation is 2. The average Bonchev–Trinajstić information content (AvgIpc) is 2.65. The van der Waals surface area contributed by atoms with Crippen molar-refractivity contribution in [2.75, 3.05) is 18.4 Å². The summed E-state index contributed by atoms with van der Waals surface area (Å²) < 4.78 is 26.6. The van der Waals surface area contributed by atoms with E-state index in [1.54, 1.807) is 19.9 Å². The van der Waals surface area contributed by atoms with E-state index < -0.39 is 21.8 Å². The Hall–Kier alpha value is -2.91. The SMILES string of the molecule is CCNS(=O)(=O)c1ccc(C)c(C(=O)NNC(=O)CNc2ccc(C)cc2)c1. The first-order valence-electron chi connectivity index (χ1n) is 8.73. The molecule has 8 nitrogen and oxygen atoms in total. The molecule has 0 aliphatic rings. The van der Waals surface area contributed by atoms with Gasteiger partial charge in [-0.15, -0.1) is 0 Å². The van der Waals surface area contributed by atoms with Gasteiger partial charge in [0.2, 0.25) is 10.0 Å². The van der Waals surface area contributed by atoms with E-state index in [1.165, 1.54) is 12.1 Å². The largest absolute Gasteiger partial charge is 0.376 e. The maximum atomic E-state index is 12.4. The number of carbonyl (C=O) groups is 2. The predicted molar refractivity (Wildman–Crippen MR) is 107 cm³/mol. The van der Waals surface area contributed by atoms with Gasteiger partial charge in [-0.25, -0.2) is 13.1 Å². The smallest absolute Gasteiger partial charge is 0.269 e. The van der Waals surface area contributed by atoms with Crippen LogP contribution in [0, 0.1) is 13.8 Å². The highest BCUT2D eigenvalue weighted by molar-refractivity contribution is 7.89. The first kappa shape index (κ1) is 21.4. The van der Waals surface area contributed by atoms with E-state index in [0.717, 1.165) is 11.3 Å². The topological polar surface area (TPSA) is 116 Å². The van der Waals surface area contributed by atoms with Gasteiger partial charge in [0.25, 0.3) is 11.8 Å². The number of amides is 2. The van der Waals surface area contributed by atoms with Crippen molar-refractivity contribution < 1.29 is 18.0 Å². The summed E-state index contributed by atoms with van der Waals surface area (Å²) in [5.74, 6) is -1.04. The monoisotopic (exact) mass is 404 g/mol. The number of hydrogen-bond donors (Lipinski definition) is 4. The van der Waals surface area contributed by atoms with E-state index in [2.05, 4.69) is 20.9 Å². The van der Waals surface area contributed by atoms with E-state index in [9.17, 15) is 18.0 Å². The Bertz CT molecular complexity index is 956. The van der Waals surface area contributed by atoms with Crippen molar-refractivity contribution in [2.24, 2.45) is 0 Å². The van der Waals surface area contributed by atoms with Crippen molar-refractivity contribution in [3.05, 3.63) is 59.2 Å². The Labute approximate surface area is 164 Å². The van der Waals surface area contributed by atoms with Crippen LogP contribution in [0.4, 0.5) is 5.69 Å². The van der Waals surface area contributed by atoms with Crippen LogP contribution < -0.4 is 20.9 Å². The molecule has 0 aromatic heterocycles. The molecule has 28 heavy (non-hydrogen) atoms. The number of rotatable bonds is 7. The van der Waals surface area contributed by atoms with E-state index in [4.69, 9.17) is 0 Å². The van der Waals surface area contributed by atoms with Crippen LogP contribution in [0.2, 0.25) is 0 Å². The summed E-state index contributed by atoms with van der Waals surface area (Å²) in [6, 6.07) is 11.8. The number of anilines is 1. The number of nitrogens with one attached hydrogen (secondary N) is 4. The summed E-state index contributed by atoms with van der Waals surface area (Å²) in [5, 5.41) is 2.94. The fraction of sp³-hybridized carbons (Fsp3) is 0.263. The maximum absolute atomic E-state index is 12.4. The molecule has 0 spiro atoms. The van der Waals surface area contributed by atoms with Gasteiger partial charge in [0.1, 0.15) is 0 Å². The molecule has 150 valence electrons. The standard InChI is InChI=1S/C19H24N4O4S/c1-4-21-28(26,27)16-10-7-14(3)17(11-16)19(25)23-22-18(24)12-20-15-8-5-13(2)6-9-15/h5-11,20-21H,4,12H2,1-3H3,(H,22,24)(H,23,25). The minimum absolute atomic E-state index is 0.0162. The lowest BCUT2D eigenvalue weighted by molar-refractivity contribution is -0.120. The first-order chi connectivity index (χ1) is 13.2. The second-order valence-corrected chi connectivity index (χ2v) is 7.97. The molecular formula is C19H24N4O4S. The second-order valence-electron chi connectivity index (χ2n) is 6.20. The number of hydrazine groups is 1. The number of benzene rings is 2. The van der Waals surface area contributed by atoms with Crippen LogP contribution in [-0.2, 0) is 14.8 Å². The molecule has 0 radical (unpaired) electrons. The highest BCUT2D eigenvalue weighted by Gasteiger charge is 2.17. The molecular weight excluding hydrogens is 380 g/mol. The molecule has 0 saturated heterocycles. The van der Waals surface area contributed by atoms with Crippen LogP contribution in [-0.4, -0.2) is 33.3 Å². The van der Waals surface area contributed by atoms with Crippen LogP contribution in [0.15, 0.2) is 47.4 Å². The third-order valence-corrected chi connectivity index (χ3v) is 5.46. The lowest BCUT2D eigenvalue weighted by Gasteiger charge is -2.12. The van der Waals surface area contributed by atoms with E-state index >= 15 is 0 Å². The third-order valence-electron chi connectivity index (χ3n) is 3.92. The lowest BCUT2D eigenvalue weighted by atomic mass is 10.1. The number of carbonyl (C=O) groups excluding carboxylic acids is 2. The Morgan fingerprint density at radius 1 is 0.964 bits per heavy atom. The van der Waals surface area contributed by atoms with Crippen molar-refractivity contribution in [2.45, 2.75) is 25.7 Å². The van der Waals surface area contributed by atoms with E-state index in [0.29, 0.717) is 5.56 Å². The molecule has 0 atom stereocenters. The molecule has 0 aliphatic heterocycles. The van der Waals surface area contributed by atoms with Gasteiger partial charge in [-0.2, -0.15) is 0 Å². The van der Waals surface area contributed by atoms with Crippen molar-refractivity contribution in [1.29, 1.82) is 0 Å². The zero-order valence-corrected chi connectivity index (χ0v) is 16.8. The second kappa shape index (κ2) is 9.34. The quantitative estimate of drug-likeness (QED) is 0.522. The predicted octanol–water partition coefficient (Wildman–Crippen LogP) is 1.47. The van der Waals surface area contributed by atoms with Gasteiger partial charge in [-0.3, -0.25) is 20.4 Å². The molecule has 0 bridgehead atoms. The maximum Gasteiger partial charge on any atom is 0.269 e. The van der Waals surface area contributed by atoms with Crippen molar-refractivity contribution >= 4 is 27.5 Å². The average molecular weight is 404 g/mol. The fourth-order valence-electron chi connectivity index (χ4n) is 2.38. The lowest BCUT2D eigenvalue weighted by Crippen LogP contribution is -2.44. The van der Waals surface area contributed by atoms with Gasteiger partial charge in [-0.05, 0) is 43.7 Å². The zero-order valence-electron chi connectivity index (χ0n) is 16.0. The number of hydrogen-bond acceptors (Lipinski definition) is 5. The molecule has 0 saturated carbocycles. The van der Waals surface area contributed by atoms with Gasteiger partial charge in [-0.1, -0.05) is 30.7 Å². The fourth-order valence-corrected chi connectivity index (χ4v) is 3.44. The molecule has 2 rings (SSSR count). The van der Waals surface area contributed by atoms with Gasteiger partial charge >= 0.3 is 0 Å². The van der Waals surface area contributed by atoms with Crippen molar-refractivity contribution in [3.63, 3.8) is 0 Å². The molecule has 2 amide bonds. The molecule has 4 N–H and O–H groups in total. The number of sulfonamides is 1. The summed E-state index contributed by atoms with van der Waals surface area (Å²) in [6.07, 6.45) is 0. The summed E-state index contributed by atoms with van der Waals surface area (Å²) in [4.78, 5) is 24.3. The minimum atomic E-state index is -3.68. The molecule has 0 heterocycles. The third kappa shape index (κ3) is 5.80. The molecule has 0 aliphatic carbocycles. The summed E-state index contributed by atoms with van der Waals surface area (Å²) in [6.45, 7) is 5.52. The molecule has 0 unspecified atom stereocenters. The highest BCUT2D eigenvalue weighted by atomic mass is 32.2. The van der Waals surface area contributed by atoms with Crippen LogP contribution in [0.25, 0.3) is 0 Å². The van der Waals surface area contributed by atoms with Gasteiger partial charge in [0, 0.05) is 17.8 Å². The van der Waals surface area contributed by atoms with Gasteiger partial charge in [0.05, 0.1) is 11.4 Å². The summed E-state index contributed by atoms with van der Waals surface area (Å²) in [5.41, 5.74) is 7.24. The van der Waals surface area contributed by atoms with Gasteiger partial charge < -0.3 is 5.32 Å². The molecule has 0 fully saturated rings. The van der Waals surface area contributed by atoms with E-state index in [1.807, 2.05) is 31.2 Å². The Morgan fingerprint density at radius 3 is 2.29 bits per heavy atom. The minimum Gasteiger partial charge on any atom is -0.376 e.